The van der Waals surface area contributed by atoms with Gasteiger partial charge in [0, 0.05) is 24.0 Å². The maximum Gasteiger partial charge on any atom is 0.0797 e. The van der Waals surface area contributed by atoms with Crippen molar-refractivity contribution in [3.8, 4) is 0 Å². The lowest BCUT2D eigenvalue weighted by molar-refractivity contribution is 0.268. The summed E-state index contributed by atoms with van der Waals surface area (Å²) in [5.74, 6) is 0.706. The maximum absolute atomic E-state index is 5.74. The third-order valence-corrected chi connectivity index (χ3v) is 4.59. The smallest absolute Gasteiger partial charge is 0.0797 e. The Labute approximate surface area is 102 Å². The molecule has 2 N–H and O–H groups in total. The van der Waals surface area contributed by atoms with Crippen molar-refractivity contribution in [3.05, 3.63) is 16.1 Å². The Balaban J connectivity index is 1.85. The highest BCUT2D eigenvalue weighted by atomic mass is 32.1. The largest absolute Gasteiger partial charge is 0.330 e. The number of hydrogen-bond donors (Lipinski definition) is 1. The quantitative estimate of drug-likeness (QED) is 0.869. The molecule has 2 heterocycles. The molecule has 1 fully saturated rings. The van der Waals surface area contributed by atoms with Crippen molar-refractivity contribution in [1.29, 1.82) is 0 Å². The molecule has 2 rings (SSSR count). The summed E-state index contributed by atoms with van der Waals surface area (Å²) in [6, 6.07) is 0.696. The normalized spacial score (nSPS) is 26.4. The van der Waals surface area contributed by atoms with Crippen LogP contribution in [0.15, 0.2) is 5.51 Å². The number of aryl methyl sites for hydroxylation is 1. The summed E-state index contributed by atoms with van der Waals surface area (Å²) in [5, 5.41) is 0. The van der Waals surface area contributed by atoms with Gasteiger partial charge in [0.25, 0.3) is 0 Å². The van der Waals surface area contributed by atoms with Crippen molar-refractivity contribution >= 4 is 11.3 Å². The first kappa shape index (κ1) is 12.0. The van der Waals surface area contributed by atoms with E-state index in [4.69, 9.17) is 5.73 Å². The first-order valence-corrected chi connectivity index (χ1v) is 6.91. The minimum atomic E-state index is 0.696. The minimum absolute atomic E-state index is 0.696. The Morgan fingerprint density at radius 1 is 1.62 bits per heavy atom. The van der Waals surface area contributed by atoms with Crippen molar-refractivity contribution in [2.24, 2.45) is 11.7 Å². The number of thiazole rings is 1. The highest BCUT2D eigenvalue weighted by Gasteiger charge is 2.27. The van der Waals surface area contributed by atoms with E-state index in [1.54, 1.807) is 11.3 Å². The third-order valence-electron chi connectivity index (χ3n) is 3.59. The van der Waals surface area contributed by atoms with Gasteiger partial charge in [-0.3, -0.25) is 4.90 Å². The lowest BCUT2D eigenvalue weighted by Gasteiger charge is -2.20. The van der Waals surface area contributed by atoms with Crippen LogP contribution >= 0.6 is 11.3 Å². The van der Waals surface area contributed by atoms with Crippen molar-refractivity contribution < 1.29 is 0 Å². The number of aromatic nitrogens is 1. The molecule has 90 valence electrons. The Morgan fingerprint density at radius 3 is 3.00 bits per heavy atom. The molecule has 0 radical (unpaired) electrons. The van der Waals surface area contributed by atoms with Crippen molar-refractivity contribution in [2.75, 3.05) is 19.6 Å². The van der Waals surface area contributed by atoms with E-state index < -0.39 is 0 Å². The van der Waals surface area contributed by atoms with Crippen LogP contribution in [0.4, 0.5) is 0 Å². The SMILES string of the molecule is Cc1ncsc1CCN1CC(CN)CC1C. The van der Waals surface area contributed by atoms with E-state index >= 15 is 0 Å². The second-order valence-electron chi connectivity index (χ2n) is 4.79. The molecule has 0 bridgehead atoms. The second-order valence-corrected chi connectivity index (χ2v) is 5.73. The zero-order valence-corrected chi connectivity index (χ0v) is 11.0. The van der Waals surface area contributed by atoms with Gasteiger partial charge in [0.1, 0.15) is 0 Å². The Hall–Kier alpha value is -0.450. The summed E-state index contributed by atoms with van der Waals surface area (Å²) in [6.45, 7) is 7.58. The van der Waals surface area contributed by atoms with Crippen LogP contribution in [0.1, 0.15) is 23.9 Å². The molecule has 16 heavy (non-hydrogen) atoms. The van der Waals surface area contributed by atoms with Gasteiger partial charge in [-0.25, -0.2) is 4.98 Å². The molecule has 0 saturated carbocycles. The molecular formula is C12H21N3S. The van der Waals surface area contributed by atoms with Gasteiger partial charge >= 0.3 is 0 Å². The van der Waals surface area contributed by atoms with E-state index in [2.05, 4.69) is 23.7 Å². The predicted octanol–water partition coefficient (Wildman–Crippen LogP) is 1.66. The molecule has 2 atom stereocenters. The molecule has 0 amide bonds. The first-order valence-electron chi connectivity index (χ1n) is 6.03. The monoisotopic (exact) mass is 239 g/mol. The van der Waals surface area contributed by atoms with E-state index in [-0.39, 0.29) is 0 Å². The van der Waals surface area contributed by atoms with Crippen LogP contribution in [0.2, 0.25) is 0 Å². The molecule has 0 aromatic carbocycles. The van der Waals surface area contributed by atoms with Crippen LogP contribution in [0.25, 0.3) is 0 Å². The van der Waals surface area contributed by atoms with Crippen LogP contribution in [0, 0.1) is 12.8 Å². The molecule has 3 nitrogen and oxygen atoms in total. The minimum Gasteiger partial charge on any atom is -0.330 e. The molecule has 1 saturated heterocycles. The van der Waals surface area contributed by atoms with E-state index in [9.17, 15) is 0 Å². The number of likely N-dealkylation sites (tertiary alicyclic amines) is 1. The van der Waals surface area contributed by atoms with Gasteiger partial charge in [0.15, 0.2) is 0 Å². The zero-order chi connectivity index (χ0) is 11.5. The van der Waals surface area contributed by atoms with Crippen molar-refractivity contribution in [3.63, 3.8) is 0 Å². The molecule has 2 unspecified atom stereocenters. The van der Waals surface area contributed by atoms with Gasteiger partial charge in [0.2, 0.25) is 0 Å². The Kier molecular flexibility index (Phi) is 3.95. The molecule has 1 aromatic heterocycles. The van der Waals surface area contributed by atoms with E-state index in [0.29, 0.717) is 12.0 Å². The van der Waals surface area contributed by atoms with Gasteiger partial charge in [0.05, 0.1) is 11.2 Å². The van der Waals surface area contributed by atoms with Crippen molar-refractivity contribution in [2.45, 2.75) is 32.7 Å². The fourth-order valence-electron chi connectivity index (χ4n) is 2.51. The highest BCUT2D eigenvalue weighted by molar-refractivity contribution is 7.09. The van der Waals surface area contributed by atoms with E-state index in [1.165, 1.54) is 23.5 Å². The fraction of sp³-hybridized carbons (Fsp3) is 0.750. The number of rotatable bonds is 4. The van der Waals surface area contributed by atoms with Gasteiger partial charge < -0.3 is 5.73 Å². The highest BCUT2D eigenvalue weighted by Crippen LogP contribution is 2.23. The molecular weight excluding hydrogens is 218 g/mol. The van der Waals surface area contributed by atoms with Gasteiger partial charge in [-0.05, 0) is 39.2 Å². The molecule has 1 aliphatic rings. The van der Waals surface area contributed by atoms with Crippen LogP contribution in [-0.4, -0.2) is 35.6 Å². The molecule has 1 aliphatic heterocycles. The molecule has 4 heteroatoms. The van der Waals surface area contributed by atoms with Gasteiger partial charge in [-0.2, -0.15) is 0 Å². The lowest BCUT2D eigenvalue weighted by Crippen LogP contribution is -2.30. The Morgan fingerprint density at radius 2 is 2.44 bits per heavy atom. The third kappa shape index (κ3) is 2.62. The van der Waals surface area contributed by atoms with Crippen LogP contribution in [0.3, 0.4) is 0 Å². The fourth-order valence-corrected chi connectivity index (χ4v) is 3.28. The average molecular weight is 239 g/mol. The predicted molar refractivity (Wildman–Crippen MR) is 68.8 cm³/mol. The summed E-state index contributed by atoms with van der Waals surface area (Å²) in [7, 11) is 0. The van der Waals surface area contributed by atoms with E-state index in [1.807, 2.05) is 5.51 Å². The maximum atomic E-state index is 5.74. The second kappa shape index (κ2) is 5.25. The summed E-state index contributed by atoms with van der Waals surface area (Å²) in [5.41, 5.74) is 8.88. The summed E-state index contributed by atoms with van der Waals surface area (Å²) < 4.78 is 0. The molecule has 1 aromatic rings. The molecule has 0 spiro atoms. The summed E-state index contributed by atoms with van der Waals surface area (Å²) in [6.07, 6.45) is 2.40. The van der Waals surface area contributed by atoms with Gasteiger partial charge in [-0.15, -0.1) is 11.3 Å². The average Bonchev–Trinajstić information content (AvgIpc) is 2.82. The topological polar surface area (TPSA) is 42.2 Å². The zero-order valence-electron chi connectivity index (χ0n) is 10.1. The standard InChI is InChI=1S/C12H21N3S/c1-9-5-11(6-13)7-15(9)4-3-12-10(2)14-8-16-12/h8-9,11H,3-7,13H2,1-2H3. The Bertz CT molecular complexity index is 337. The van der Waals surface area contributed by atoms with Crippen LogP contribution in [-0.2, 0) is 6.42 Å². The van der Waals surface area contributed by atoms with Crippen LogP contribution < -0.4 is 5.73 Å². The summed E-state index contributed by atoms with van der Waals surface area (Å²) >= 11 is 1.78. The number of nitrogens with zero attached hydrogens (tertiary/aromatic N) is 2. The number of hydrogen-bond acceptors (Lipinski definition) is 4. The van der Waals surface area contributed by atoms with Crippen LogP contribution in [0.5, 0.6) is 0 Å². The first-order chi connectivity index (χ1) is 7.70. The van der Waals surface area contributed by atoms with Gasteiger partial charge in [-0.1, -0.05) is 0 Å². The van der Waals surface area contributed by atoms with Crippen molar-refractivity contribution in [1.82, 2.24) is 9.88 Å². The lowest BCUT2D eigenvalue weighted by atomic mass is 10.1. The summed E-state index contributed by atoms with van der Waals surface area (Å²) in [4.78, 5) is 8.29. The molecule has 0 aliphatic carbocycles. The number of nitrogens with two attached hydrogens (primary N) is 1. The van der Waals surface area contributed by atoms with E-state index in [0.717, 1.165) is 19.5 Å².